The van der Waals surface area contributed by atoms with Crippen molar-refractivity contribution in [3.05, 3.63) is 35.4 Å². The summed E-state index contributed by atoms with van der Waals surface area (Å²) in [5.74, 6) is 0.0516. The van der Waals surface area contributed by atoms with E-state index in [-0.39, 0.29) is 5.78 Å². The third kappa shape index (κ3) is 2.67. The number of hydrogen-bond donors (Lipinski definition) is 0. The summed E-state index contributed by atoms with van der Waals surface area (Å²) in [5.41, 5.74) is 2.12. The molecule has 0 aliphatic carbocycles. The summed E-state index contributed by atoms with van der Waals surface area (Å²) in [6.45, 7) is 6.02. The van der Waals surface area contributed by atoms with Crippen LogP contribution in [0.25, 0.3) is 0 Å². The van der Waals surface area contributed by atoms with Gasteiger partial charge in [0.25, 0.3) is 0 Å². The van der Waals surface area contributed by atoms with Crippen molar-refractivity contribution in [1.82, 2.24) is 0 Å². The standard InChI is InChI=1S/C12H16O2/c1-4-14-12(10(3)13)11-7-5-9(2)6-8-11/h5-8,12H,4H2,1-3H3. The molecule has 1 unspecified atom stereocenters. The number of ether oxygens (including phenoxy) is 1. The lowest BCUT2D eigenvalue weighted by atomic mass is 10.0. The summed E-state index contributed by atoms with van der Waals surface area (Å²) < 4.78 is 5.38. The first kappa shape index (κ1) is 10.9. The molecule has 0 heterocycles. The summed E-state index contributed by atoms with van der Waals surface area (Å²) in [7, 11) is 0. The number of aryl methyl sites for hydroxylation is 1. The third-order valence-electron chi connectivity index (χ3n) is 2.08. The van der Waals surface area contributed by atoms with Crippen LogP contribution in [0.4, 0.5) is 0 Å². The van der Waals surface area contributed by atoms with E-state index in [0.717, 1.165) is 5.56 Å². The van der Waals surface area contributed by atoms with E-state index in [1.807, 2.05) is 38.1 Å². The summed E-state index contributed by atoms with van der Waals surface area (Å²) in [5, 5.41) is 0. The van der Waals surface area contributed by atoms with E-state index >= 15 is 0 Å². The fourth-order valence-corrected chi connectivity index (χ4v) is 1.36. The highest BCUT2D eigenvalue weighted by Crippen LogP contribution is 2.18. The van der Waals surface area contributed by atoms with Gasteiger partial charge in [0.2, 0.25) is 0 Å². The van der Waals surface area contributed by atoms with Crippen LogP contribution >= 0.6 is 0 Å². The van der Waals surface area contributed by atoms with Gasteiger partial charge in [-0.2, -0.15) is 0 Å². The van der Waals surface area contributed by atoms with Gasteiger partial charge in [0.05, 0.1) is 0 Å². The largest absolute Gasteiger partial charge is 0.366 e. The Morgan fingerprint density at radius 1 is 1.36 bits per heavy atom. The minimum atomic E-state index is -0.402. The number of rotatable bonds is 4. The number of Topliss-reactive ketones (excluding diaryl/α,β-unsaturated/α-hetero) is 1. The molecule has 76 valence electrons. The Labute approximate surface area is 84.9 Å². The van der Waals surface area contributed by atoms with Crippen molar-refractivity contribution in [3.8, 4) is 0 Å². The zero-order valence-corrected chi connectivity index (χ0v) is 8.91. The predicted molar refractivity (Wildman–Crippen MR) is 56.2 cm³/mol. The van der Waals surface area contributed by atoms with Gasteiger partial charge in [-0.25, -0.2) is 0 Å². The summed E-state index contributed by atoms with van der Waals surface area (Å²) in [4.78, 5) is 11.3. The van der Waals surface area contributed by atoms with E-state index in [1.165, 1.54) is 5.56 Å². The second kappa shape index (κ2) is 4.91. The van der Waals surface area contributed by atoms with Gasteiger partial charge >= 0.3 is 0 Å². The molecular weight excluding hydrogens is 176 g/mol. The van der Waals surface area contributed by atoms with Crippen LogP contribution in [0.15, 0.2) is 24.3 Å². The monoisotopic (exact) mass is 192 g/mol. The Morgan fingerprint density at radius 2 is 1.93 bits per heavy atom. The number of ketones is 1. The van der Waals surface area contributed by atoms with Gasteiger partial charge in [-0.1, -0.05) is 29.8 Å². The summed E-state index contributed by atoms with van der Waals surface area (Å²) in [6.07, 6.45) is -0.402. The molecule has 0 bridgehead atoms. The molecule has 0 amide bonds. The Balaban J connectivity index is 2.87. The van der Waals surface area contributed by atoms with Gasteiger partial charge < -0.3 is 4.74 Å². The van der Waals surface area contributed by atoms with E-state index in [2.05, 4.69) is 0 Å². The van der Waals surface area contributed by atoms with Gasteiger partial charge in [0.1, 0.15) is 6.10 Å². The van der Waals surface area contributed by atoms with Crippen LogP contribution in [0.1, 0.15) is 31.1 Å². The van der Waals surface area contributed by atoms with Gasteiger partial charge in [-0.3, -0.25) is 4.79 Å². The molecule has 0 saturated carbocycles. The molecule has 0 N–H and O–H groups in total. The molecule has 2 nitrogen and oxygen atoms in total. The maximum Gasteiger partial charge on any atom is 0.163 e. The van der Waals surface area contributed by atoms with Crippen LogP contribution in [0, 0.1) is 6.92 Å². The molecule has 0 aromatic heterocycles. The average molecular weight is 192 g/mol. The fourth-order valence-electron chi connectivity index (χ4n) is 1.36. The topological polar surface area (TPSA) is 26.3 Å². The SMILES string of the molecule is CCOC(C(C)=O)c1ccc(C)cc1. The quantitative estimate of drug-likeness (QED) is 0.733. The number of carbonyl (C=O) groups is 1. The van der Waals surface area contributed by atoms with Crippen LogP contribution in [-0.4, -0.2) is 12.4 Å². The molecule has 2 heteroatoms. The fraction of sp³-hybridized carbons (Fsp3) is 0.417. The van der Waals surface area contributed by atoms with Crippen LogP contribution in [-0.2, 0) is 9.53 Å². The van der Waals surface area contributed by atoms with Crippen LogP contribution < -0.4 is 0 Å². The lowest BCUT2D eigenvalue weighted by Gasteiger charge is -2.14. The number of carbonyl (C=O) groups excluding carboxylic acids is 1. The highest BCUT2D eigenvalue weighted by atomic mass is 16.5. The second-order valence-electron chi connectivity index (χ2n) is 3.36. The van der Waals surface area contributed by atoms with E-state index in [0.29, 0.717) is 6.61 Å². The average Bonchev–Trinajstić information content (AvgIpc) is 2.15. The maximum atomic E-state index is 11.3. The van der Waals surface area contributed by atoms with Crippen molar-refractivity contribution in [3.63, 3.8) is 0 Å². The number of hydrogen-bond acceptors (Lipinski definition) is 2. The van der Waals surface area contributed by atoms with Crippen molar-refractivity contribution < 1.29 is 9.53 Å². The highest BCUT2D eigenvalue weighted by molar-refractivity contribution is 5.81. The molecule has 0 aliphatic rings. The maximum absolute atomic E-state index is 11.3. The number of benzene rings is 1. The van der Waals surface area contributed by atoms with Crippen molar-refractivity contribution in [2.24, 2.45) is 0 Å². The molecule has 1 aromatic rings. The van der Waals surface area contributed by atoms with Crippen molar-refractivity contribution in [2.75, 3.05) is 6.61 Å². The summed E-state index contributed by atoms with van der Waals surface area (Å²) >= 11 is 0. The first-order valence-electron chi connectivity index (χ1n) is 4.83. The summed E-state index contributed by atoms with van der Waals surface area (Å²) in [6, 6.07) is 7.86. The van der Waals surface area contributed by atoms with Gasteiger partial charge in [0, 0.05) is 6.61 Å². The van der Waals surface area contributed by atoms with E-state index < -0.39 is 6.10 Å². The minimum Gasteiger partial charge on any atom is -0.366 e. The minimum absolute atomic E-state index is 0.0516. The van der Waals surface area contributed by atoms with Crippen LogP contribution in [0.3, 0.4) is 0 Å². The highest BCUT2D eigenvalue weighted by Gasteiger charge is 2.15. The van der Waals surface area contributed by atoms with Gasteiger partial charge in [-0.05, 0) is 26.3 Å². The molecule has 1 atom stereocenters. The zero-order chi connectivity index (χ0) is 10.6. The lowest BCUT2D eigenvalue weighted by molar-refractivity contribution is -0.128. The van der Waals surface area contributed by atoms with Crippen LogP contribution in [0.5, 0.6) is 0 Å². The van der Waals surface area contributed by atoms with E-state index in [9.17, 15) is 4.79 Å². The molecule has 1 aromatic carbocycles. The molecule has 0 aliphatic heterocycles. The van der Waals surface area contributed by atoms with Crippen molar-refractivity contribution in [2.45, 2.75) is 26.9 Å². The molecule has 0 spiro atoms. The lowest BCUT2D eigenvalue weighted by Crippen LogP contribution is -2.12. The zero-order valence-electron chi connectivity index (χ0n) is 8.91. The Kier molecular flexibility index (Phi) is 3.84. The Hall–Kier alpha value is -1.15. The van der Waals surface area contributed by atoms with Crippen LogP contribution in [0.2, 0.25) is 0 Å². The Bertz CT molecular complexity index is 301. The molecule has 0 saturated heterocycles. The molecule has 0 fully saturated rings. The third-order valence-corrected chi connectivity index (χ3v) is 2.08. The van der Waals surface area contributed by atoms with Crippen molar-refractivity contribution >= 4 is 5.78 Å². The first-order valence-corrected chi connectivity index (χ1v) is 4.83. The smallest absolute Gasteiger partial charge is 0.163 e. The predicted octanol–water partition coefficient (Wildman–Crippen LogP) is 2.66. The second-order valence-corrected chi connectivity index (χ2v) is 3.36. The Morgan fingerprint density at radius 3 is 2.36 bits per heavy atom. The molecule has 0 radical (unpaired) electrons. The normalized spacial score (nSPS) is 12.5. The molecule has 1 rings (SSSR count). The first-order chi connectivity index (χ1) is 6.65. The molecular formula is C12H16O2. The van der Waals surface area contributed by atoms with E-state index in [4.69, 9.17) is 4.74 Å². The van der Waals surface area contributed by atoms with Crippen molar-refractivity contribution in [1.29, 1.82) is 0 Å². The molecule has 14 heavy (non-hydrogen) atoms. The van der Waals surface area contributed by atoms with Gasteiger partial charge in [0.15, 0.2) is 5.78 Å². The van der Waals surface area contributed by atoms with E-state index in [1.54, 1.807) is 6.92 Å². The van der Waals surface area contributed by atoms with Gasteiger partial charge in [-0.15, -0.1) is 0 Å².